The minimum Gasteiger partial charge on any atom is -0.461 e. The van der Waals surface area contributed by atoms with E-state index in [1.54, 1.807) is 0 Å². The molecule has 4 aliphatic carbocycles. The SMILES string of the molecule is CC(C)=CCC[C@@H](C)[C@H]1CC[C@@]2(C)C3=C(CC[C@]12C)[C@@]1(C)CC[C@H](OC(=O)CN)C(C)(C)[C@@H]1CC3. The fourth-order valence-corrected chi connectivity index (χ4v) is 9.87. The Labute approximate surface area is 215 Å². The molecule has 0 amide bonds. The summed E-state index contributed by atoms with van der Waals surface area (Å²) < 4.78 is 5.89. The lowest BCUT2D eigenvalue weighted by Crippen LogP contribution is -2.56. The number of fused-ring (bicyclic) bond motifs is 4. The Morgan fingerprint density at radius 2 is 1.74 bits per heavy atom. The van der Waals surface area contributed by atoms with E-state index in [9.17, 15) is 4.79 Å². The zero-order chi connectivity index (χ0) is 25.8. The largest absolute Gasteiger partial charge is 0.461 e. The van der Waals surface area contributed by atoms with Crippen LogP contribution < -0.4 is 5.73 Å². The van der Waals surface area contributed by atoms with Gasteiger partial charge in [0, 0.05) is 5.41 Å². The van der Waals surface area contributed by atoms with E-state index >= 15 is 0 Å². The summed E-state index contributed by atoms with van der Waals surface area (Å²) in [5.41, 5.74) is 11.7. The molecule has 4 rings (SSSR count). The normalized spacial score (nSPS) is 40.9. The second kappa shape index (κ2) is 9.34. The molecule has 0 aromatic heterocycles. The molecule has 0 radical (unpaired) electrons. The average molecular weight is 484 g/mol. The van der Waals surface area contributed by atoms with Crippen LogP contribution in [0.2, 0.25) is 0 Å². The summed E-state index contributed by atoms with van der Waals surface area (Å²) in [7, 11) is 0. The van der Waals surface area contributed by atoms with Gasteiger partial charge in [0.25, 0.3) is 0 Å². The van der Waals surface area contributed by atoms with Crippen LogP contribution in [0.25, 0.3) is 0 Å². The number of ether oxygens (including phenoxy) is 1. The third-order valence-corrected chi connectivity index (χ3v) is 12.1. The highest BCUT2D eigenvalue weighted by Crippen LogP contribution is 2.72. The first-order chi connectivity index (χ1) is 16.3. The van der Waals surface area contributed by atoms with Crippen LogP contribution in [-0.4, -0.2) is 18.6 Å². The summed E-state index contributed by atoms with van der Waals surface area (Å²) in [5, 5.41) is 0. The number of hydrogen-bond donors (Lipinski definition) is 1. The van der Waals surface area contributed by atoms with Crippen molar-refractivity contribution in [3.05, 3.63) is 22.8 Å². The number of carbonyl (C=O) groups excluding carboxylic acids is 1. The molecule has 7 atom stereocenters. The quantitative estimate of drug-likeness (QED) is 0.308. The molecule has 2 saturated carbocycles. The van der Waals surface area contributed by atoms with Gasteiger partial charge in [-0.15, -0.1) is 0 Å². The molecule has 3 nitrogen and oxygen atoms in total. The average Bonchev–Trinajstić information content (AvgIpc) is 3.06. The van der Waals surface area contributed by atoms with E-state index in [4.69, 9.17) is 10.5 Å². The molecule has 0 unspecified atom stereocenters. The second-order valence-corrected chi connectivity index (χ2v) is 14.2. The Morgan fingerprint density at radius 1 is 1.03 bits per heavy atom. The molecule has 198 valence electrons. The van der Waals surface area contributed by atoms with Gasteiger partial charge < -0.3 is 10.5 Å². The van der Waals surface area contributed by atoms with Crippen molar-refractivity contribution in [2.45, 2.75) is 126 Å². The minimum atomic E-state index is -0.251. The first-order valence-corrected chi connectivity index (χ1v) is 14.6. The molecule has 0 aliphatic heterocycles. The monoisotopic (exact) mass is 483 g/mol. The smallest absolute Gasteiger partial charge is 0.319 e. The number of allylic oxidation sites excluding steroid dienone is 4. The van der Waals surface area contributed by atoms with Gasteiger partial charge in [-0.2, -0.15) is 0 Å². The number of nitrogens with two attached hydrogens (primary N) is 1. The number of esters is 1. The van der Waals surface area contributed by atoms with Crippen LogP contribution in [0.5, 0.6) is 0 Å². The van der Waals surface area contributed by atoms with Crippen molar-refractivity contribution in [3.8, 4) is 0 Å². The lowest BCUT2D eigenvalue weighted by atomic mass is 9.43. The van der Waals surface area contributed by atoms with Crippen LogP contribution in [-0.2, 0) is 9.53 Å². The maximum Gasteiger partial charge on any atom is 0.319 e. The molecule has 2 N–H and O–H groups in total. The molecule has 3 heteroatoms. The zero-order valence-corrected chi connectivity index (χ0v) is 24.1. The van der Waals surface area contributed by atoms with Gasteiger partial charge in [-0.25, -0.2) is 0 Å². The predicted molar refractivity (Wildman–Crippen MR) is 146 cm³/mol. The molecule has 35 heavy (non-hydrogen) atoms. The summed E-state index contributed by atoms with van der Waals surface area (Å²) in [6.45, 7) is 19.5. The summed E-state index contributed by atoms with van der Waals surface area (Å²) in [4.78, 5) is 12.1. The first-order valence-electron chi connectivity index (χ1n) is 14.6. The molecule has 4 aliphatic rings. The van der Waals surface area contributed by atoms with Gasteiger partial charge >= 0.3 is 5.97 Å². The van der Waals surface area contributed by atoms with E-state index in [0.717, 1.165) is 24.7 Å². The van der Waals surface area contributed by atoms with Crippen molar-refractivity contribution in [2.75, 3.05) is 6.54 Å². The highest BCUT2D eigenvalue weighted by Gasteiger charge is 2.63. The van der Waals surface area contributed by atoms with E-state index < -0.39 is 0 Å². The third kappa shape index (κ3) is 4.16. The van der Waals surface area contributed by atoms with Gasteiger partial charge in [-0.1, -0.05) is 64.3 Å². The zero-order valence-electron chi connectivity index (χ0n) is 24.1. The predicted octanol–water partition coefficient (Wildman–Crippen LogP) is 7.99. The fraction of sp³-hybridized carbons (Fsp3) is 0.844. The number of rotatable bonds is 6. The standard InChI is InChI=1S/C32H53NO2/c1-21(2)10-9-11-22(3)23-14-18-32(8)25-12-13-26-29(4,5)27(35-28(34)20-33)16-17-30(26,6)24(25)15-19-31(23,32)7/h10,22-23,26-27H,9,11-20,33H2,1-8H3/t22-,23-,26+,27+,30-,31-,32+/m1/s1. The first kappa shape index (κ1) is 27.0. The van der Waals surface area contributed by atoms with Crippen molar-refractivity contribution < 1.29 is 9.53 Å². The Morgan fingerprint density at radius 3 is 2.40 bits per heavy atom. The molecule has 0 bridgehead atoms. The third-order valence-electron chi connectivity index (χ3n) is 12.1. The molecule has 0 spiro atoms. The molecule has 0 saturated heterocycles. The number of hydrogen-bond acceptors (Lipinski definition) is 3. The fourth-order valence-electron chi connectivity index (χ4n) is 9.87. The van der Waals surface area contributed by atoms with Crippen molar-refractivity contribution in [1.29, 1.82) is 0 Å². The van der Waals surface area contributed by atoms with Crippen LogP contribution >= 0.6 is 0 Å². The van der Waals surface area contributed by atoms with Crippen LogP contribution in [0.3, 0.4) is 0 Å². The molecule has 0 aromatic rings. The van der Waals surface area contributed by atoms with Crippen LogP contribution in [0, 0.1) is 39.4 Å². The summed E-state index contributed by atoms with van der Waals surface area (Å²) in [5.74, 6) is 1.93. The van der Waals surface area contributed by atoms with Gasteiger partial charge in [0.05, 0.1) is 6.54 Å². The molecule has 2 fully saturated rings. The van der Waals surface area contributed by atoms with Crippen LogP contribution in [0.1, 0.15) is 120 Å². The van der Waals surface area contributed by atoms with Gasteiger partial charge in [-0.3, -0.25) is 4.79 Å². The van der Waals surface area contributed by atoms with Gasteiger partial charge in [0.15, 0.2) is 0 Å². The summed E-state index contributed by atoms with van der Waals surface area (Å²) in [6.07, 6.45) is 14.9. The molecular formula is C32H53NO2. The minimum absolute atomic E-state index is 0.0132. The lowest BCUT2D eigenvalue weighted by Gasteiger charge is -2.62. The lowest BCUT2D eigenvalue weighted by molar-refractivity contribution is -0.168. The van der Waals surface area contributed by atoms with Crippen molar-refractivity contribution in [1.82, 2.24) is 0 Å². The Bertz CT molecular complexity index is 895. The summed E-state index contributed by atoms with van der Waals surface area (Å²) in [6, 6.07) is 0. The molecule has 0 aromatic carbocycles. The molecule has 0 heterocycles. The Balaban J connectivity index is 1.61. The van der Waals surface area contributed by atoms with Crippen molar-refractivity contribution >= 4 is 5.97 Å². The van der Waals surface area contributed by atoms with Crippen LogP contribution in [0.15, 0.2) is 22.8 Å². The van der Waals surface area contributed by atoms with Gasteiger partial charge in [0.2, 0.25) is 0 Å². The van der Waals surface area contributed by atoms with Crippen molar-refractivity contribution in [2.24, 2.45) is 45.1 Å². The van der Waals surface area contributed by atoms with Crippen molar-refractivity contribution in [3.63, 3.8) is 0 Å². The van der Waals surface area contributed by atoms with Gasteiger partial charge in [0.1, 0.15) is 6.10 Å². The molecular weight excluding hydrogens is 430 g/mol. The maximum absolute atomic E-state index is 12.1. The van der Waals surface area contributed by atoms with E-state index in [1.807, 2.05) is 11.1 Å². The number of carbonyl (C=O) groups is 1. The van der Waals surface area contributed by atoms with E-state index in [-0.39, 0.29) is 29.4 Å². The van der Waals surface area contributed by atoms with E-state index in [2.05, 4.69) is 61.5 Å². The topological polar surface area (TPSA) is 52.3 Å². The van der Waals surface area contributed by atoms with Gasteiger partial charge in [-0.05, 0) is 112 Å². The summed E-state index contributed by atoms with van der Waals surface area (Å²) >= 11 is 0. The van der Waals surface area contributed by atoms with Crippen LogP contribution in [0.4, 0.5) is 0 Å². The van der Waals surface area contributed by atoms with E-state index in [1.165, 1.54) is 56.9 Å². The van der Waals surface area contributed by atoms with E-state index in [0.29, 0.717) is 16.7 Å². The maximum atomic E-state index is 12.1. The Hall–Kier alpha value is -1.09. The highest BCUT2D eigenvalue weighted by molar-refractivity contribution is 5.71. The highest BCUT2D eigenvalue weighted by atomic mass is 16.5. The second-order valence-electron chi connectivity index (χ2n) is 14.2. The Kier molecular flexibility index (Phi) is 7.19.